The SMILES string of the molecule is CCCC(CNC(C)C)OCc1ccc(Cl)cc1. The van der Waals surface area contributed by atoms with Crippen molar-refractivity contribution in [3.63, 3.8) is 0 Å². The molecule has 1 aromatic rings. The lowest BCUT2D eigenvalue weighted by Gasteiger charge is -2.19. The second-order valence-corrected chi connectivity index (χ2v) is 5.35. The van der Waals surface area contributed by atoms with E-state index in [-0.39, 0.29) is 6.10 Å². The van der Waals surface area contributed by atoms with Gasteiger partial charge in [0.05, 0.1) is 12.7 Å². The monoisotopic (exact) mass is 269 g/mol. The summed E-state index contributed by atoms with van der Waals surface area (Å²) in [6.45, 7) is 8.07. The fourth-order valence-corrected chi connectivity index (χ4v) is 1.85. The summed E-state index contributed by atoms with van der Waals surface area (Å²) in [6.07, 6.45) is 2.52. The fraction of sp³-hybridized carbons (Fsp3) is 0.600. The van der Waals surface area contributed by atoms with Gasteiger partial charge in [-0.3, -0.25) is 0 Å². The van der Waals surface area contributed by atoms with E-state index in [0.29, 0.717) is 12.6 Å². The Morgan fingerprint density at radius 3 is 2.44 bits per heavy atom. The van der Waals surface area contributed by atoms with Gasteiger partial charge in [-0.25, -0.2) is 0 Å². The molecule has 102 valence electrons. The Labute approximate surface area is 116 Å². The fourth-order valence-electron chi connectivity index (χ4n) is 1.73. The first-order valence-corrected chi connectivity index (χ1v) is 7.09. The molecule has 0 aliphatic rings. The van der Waals surface area contributed by atoms with Crippen LogP contribution in [0, 0.1) is 0 Å². The van der Waals surface area contributed by atoms with Gasteiger partial charge in [-0.15, -0.1) is 0 Å². The lowest BCUT2D eigenvalue weighted by Crippen LogP contribution is -2.33. The summed E-state index contributed by atoms with van der Waals surface area (Å²) in [5.41, 5.74) is 1.17. The van der Waals surface area contributed by atoms with Gasteiger partial charge in [-0.2, -0.15) is 0 Å². The lowest BCUT2D eigenvalue weighted by molar-refractivity contribution is 0.0337. The van der Waals surface area contributed by atoms with Crippen LogP contribution in [0.25, 0.3) is 0 Å². The van der Waals surface area contributed by atoms with Crippen molar-refractivity contribution >= 4 is 11.6 Å². The Kier molecular flexibility index (Phi) is 7.33. The summed E-state index contributed by atoms with van der Waals surface area (Å²) >= 11 is 5.86. The number of hydrogen-bond acceptors (Lipinski definition) is 2. The second kappa shape index (κ2) is 8.52. The Bertz CT molecular complexity index is 324. The highest BCUT2D eigenvalue weighted by Crippen LogP contribution is 2.12. The third-order valence-corrected chi connectivity index (χ3v) is 3.02. The van der Waals surface area contributed by atoms with Gasteiger partial charge in [0.2, 0.25) is 0 Å². The molecule has 1 atom stereocenters. The molecule has 1 rings (SSSR count). The molecule has 0 heterocycles. The molecular formula is C15H24ClNO. The standard InChI is InChI=1S/C15H24ClNO/c1-4-5-15(10-17-12(2)3)18-11-13-6-8-14(16)9-7-13/h6-9,12,15,17H,4-5,10-11H2,1-3H3. The number of nitrogens with one attached hydrogen (secondary N) is 1. The van der Waals surface area contributed by atoms with E-state index in [1.807, 2.05) is 24.3 Å². The zero-order chi connectivity index (χ0) is 13.4. The van der Waals surface area contributed by atoms with Crippen LogP contribution in [0.15, 0.2) is 24.3 Å². The van der Waals surface area contributed by atoms with Crippen molar-refractivity contribution in [2.75, 3.05) is 6.54 Å². The predicted molar refractivity (Wildman–Crippen MR) is 78.1 cm³/mol. The van der Waals surface area contributed by atoms with E-state index >= 15 is 0 Å². The minimum Gasteiger partial charge on any atom is -0.372 e. The van der Waals surface area contributed by atoms with Crippen LogP contribution in [0.5, 0.6) is 0 Å². The van der Waals surface area contributed by atoms with E-state index in [1.165, 1.54) is 5.56 Å². The first-order valence-electron chi connectivity index (χ1n) is 6.71. The minimum absolute atomic E-state index is 0.285. The maximum absolute atomic E-state index is 5.95. The number of halogens is 1. The molecule has 1 aromatic carbocycles. The number of benzene rings is 1. The highest BCUT2D eigenvalue weighted by atomic mass is 35.5. The van der Waals surface area contributed by atoms with Crippen LogP contribution >= 0.6 is 11.6 Å². The van der Waals surface area contributed by atoms with E-state index in [9.17, 15) is 0 Å². The van der Waals surface area contributed by atoms with E-state index in [1.54, 1.807) is 0 Å². The zero-order valence-corrected chi connectivity index (χ0v) is 12.3. The molecule has 0 saturated heterocycles. The first kappa shape index (κ1) is 15.5. The minimum atomic E-state index is 0.285. The van der Waals surface area contributed by atoms with E-state index in [2.05, 4.69) is 26.1 Å². The maximum Gasteiger partial charge on any atom is 0.0721 e. The molecule has 0 bridgehead atoms. The van der Waals surface area contributed by atoms with Crippen molar-refractivity contribution in [2.24, 2.45) is 0 Å². The highest BCUT2D eigenvalue weighted by Gasteiger charge is 2.08. The number of rotatable bonds is 8. The molecule has 0 aliphatic heterocycles. The maximum atomic E-state index is 5.95. The summed E-state index contributed by atoms with van der Waals surface area (Å²) in [5, 5.41) is 4.20. The molecule has 1 unspecified atom stereocenters. The molecule has 0 amide bonds. The summed E-state index contributed by atoms with van der Waals surface area (Å²) in [6, 6.07) is 8.34. The molecule has 0 radical (unpaired) electrons. The van der Waals surface area contributed by atoms with Crippen molar-refractivity contribution in [1.82, 2.24) is 5.32 Å². The van der Waals surface area contributed by atoms with Crippen LogP contribution in [-0.4, -0.2) is 18.7 Å². The quantitative estimate of drug-likeness (QED) is 0.770. The Morgan fingerprint density at radius 1 is 1.22 bits per heavy atom. The Hall–Kier alpha value is -0.570. The molecule has 18 heavy (non-hydrogen) atoms. The van der Waals surface area contributed by atoms with Gasteiger partial charge in [0, 0.05) is 17.6 Å². The summed E-state index contributed by atoms with van der Waals surface area (Å²) in [7, 11) is 0. The van der Waals surface area contributed by atoms with Gasteiger partial charge in [0.15, 0.2) is 0 Å². The molecule has 3 heteroatoms. The summed E-state index contributed by atoms with van der Waals surface area (Å²) < 4.78 is 5.95. The van der Waals surface area contributed by atoms with Crippen molar-refractivity contribution in [1.29, 1.82) is 0 Å². The topological polar surface area (TPSA) is 21.3 Å². The van der Waals surface area contributed by atoms with E-state index in [0.717, 1.165) is 24.4 Å². The van der Waals surface area contributed by atoms with Crippen LogP contribution in [0.4, 0.5) is 0 Å². The van der Waals surface area contributed by atoms with Crippen LogP contribution in [0.2, 0.25) is 5.02 Å². The van der Waals surface area contributed by atoms with Gasteiger partial charge >= 0.3 is 0 Å². The molecule has 0 saturated carbocycles. The molecule has 0 spiro atoms. The lowest BCUT2D eigenvalue weighted by atomic mass is 10.2. The van der Waals surface area contributed by atoms with Crippen molar-refractivity contribution in [3.05, 3.63) is 34.9 Å². The third-order valence-electron chi connectivity index (χ3n) is 2.76. The third kappa shape index (κ3) is 6.39. The van der Waals surface area contributed by atoms with Crippen molar-refractivity contribution in [2.45, 2.75) is 52.4 Å². The first-order chi connectivity index (χ1) is 8.61. The molecule has 0 fully saturated rings. The van der Waals surface area contributed by atoms with Crippen LogP contribution in [0.1, 0.15) is 39.2 Å². The van der Waals surface area contributed by atoms with Gasteiger partial charge in [0.25, 0.3) is 0 Å². The molecule has 2 nitrogen and oxygen atoms in total. The average molecular weight is 270 g/mol. The second-order valence-electron chi connectivity index (χ2n) is 4.91. The van der Waals surface area contributed by atoms with Crippen LogP contribution < -0.4 is 5.32 Å². The van der Waals surface area contributed by atoms with Crippen molar-refractivity contribution in [3.8, 4) is 0 Å². The summed E-state index contributed by atoms with van der Waals surface area (Å²) in [4.78, 5) is 0. The largest absolute Gasteiger partial charge is 0.372 e. The Morgan fingerprint density at radius 2 is 1.89 bits per heavy atom. The van der Waals surface area contributed by atoms with Crippen LogP contribution in [-0.2, 0) is 11.3 Å². The van der Waals surface area contributed by atoms with Gasteiger partial charge in [-0.05, 0) is 24.1 Å². The van der Waals surface area contributed by atoms with Gasteiger partial charge < -0.3 is 10.1 Å². The number of ether oxygens (including phenoxy) is 1. The van der Waals surface area contributed by atoms with Crippen molar-refractivity contribution < 1.29 is 4.74 Å². The zero-order valence-electron chi connectivity index (χ0n) is 11.6. The molecule has 0 aliphatic carbocycles. The molecule has 1 N–H and O–H groups in total. The smallest absolute Gasteiger partial charge is 0.0721 e. The molecule has 0 aromatic heterocycles. The highest BCUT2D eigenvalue weighted by molar-refractivity contribution is 6.30. The van der Waals surface area contributed by atoms with Gasteiger partial charge in [0.1, 0.15) is 0 Å². The van der Waals surface area contributed by atoms with E-state index < -0.39 is 0 Å². The van der Waals surface area contributed by atoms with Gasteiger partial charge in [-0.1, -0.05) is 50.9 Å². The molecular weight excluding hydrogens is 246 g/mol. The summed E-state index contributed by atoms with van der Waals surface area (Å²) in [5.74, 6) is 0. The Balaban J connectivity index is 2.38. The normalized spacial score (nSPS) is 12.9. The predicted octanol–water partition coefficient (Wildman–Crippen LogP) is 4.02. The average Bonchev–Trinajstić information content (AvgIpc) is 2.34. The number of hydrogen-bond donors (Lipinski definition) is 1. The van der Waals surface area contributed by atoms with Crippen LogP contribution in [0.3, 0.4) is 0 Å². The van der Waals surface area contributed by atoms with E-state index in [4.69, 9.17) is 16.3 Å².